The number of ether oxygens (including phenoxy) is 1. The van der Waals surface area contributed by atoms with Crippen molar-refractivity contribution >= 4 is 17.3 Å². The normalized spacial score (nSPS) is 14.2. The van der Waals surface area contributed by atoms with Crippen molar-refractivity contribution in [2.45, 2.75) is 25.6 Å². The van der Waals surface area contributed by atoms with Crippen LogP contribution in [0.4, 0.5) is 24.8 Å². The topological polar surface area (TPSA) is 72.5 Å². The number of fused-ring (bicyclic) bond motifs is 1. The van der Waals surface area contributed by atoms with Crippen molar-refractivity contribution in [2.75, 3.05) is 31.6 Å². The molecule has 6 rings (SSSR count). The zero-order valence-corrected chi connectivity index (χ0v) is 21.7. The number of halogens is 3. The van der Waals surface area contributed by atoms with Crippen molar-refractivity contribution in [1.29, 1.82) is 0 Å². The van der Waals surface area contributed by atoms with E-state index in [2.05, 4.69) is 25.4 Å². The molecule has 0 spiro atoms. The maximum atomic E-state index is 13.1. The van der Waals surface area contributed by atoms with Gasteiger partial charge in [0.05, 0.1) is 24.0 Å². The first-order chi connectivity index (χ1) is 19.4. The Labute approximate surface area is 229 Å². The third kappa shape index (κ3) is 5.94. The van der Waals surface area contributed by atoms with Gasteiger partial charge in [0.25, 0.3) is 0 Å². The zero-order chi connectivity index (χ0) is 27.5. The van der Waals surface area contributed by atoms with E-state index in [1.54, 1.807) is 27.7 Å². The highest BCUT2D eigenvalue weighted by Gasteiger charge is 2.30. The maximum absolute atomic E-state index is 13.1. The van der Waals surface area contributed by atoms with E-state index < -0.39 is 11.7 Å². The summed E-state index contributed by atoms with van der Waals surface area (Å²) in [7, 11) is 0. The van der Waals surface area contributed by atoms with E-state index in [0.29, 0.717) is 23.8 Å². The Bertz CT molecular complexity index is 1590. The Kier molecular flexibility index (Phi) is 7.12. The van der Waals surface area contributed by atoms with Gasteiger partial charge in [-0.05, 0) is 80.0 Å². The first-order valence-electron chi connectivity index (χ1n) is 13.2. The lowest BCUT2D eigenvalue weighted by Gasteiger charge is -2.15. The van der Waals surface area contributed by atoms with E-state index in [0.717, 1.165) is 54.5 Å². The molecule has 0 saturated carbocycles. The van der Waals surface area contributed by atoms with Gasteiger partial charge in [0.1, 0.15) is 12.4 Å². The van der Waals surface area contributed by atoms with Crippen LogP contribution in [0.3, 0.4) is 0 Å². The van der Waals surface area contributed by atoms with E-state index in [1.165, 1.54) is 18.9 Å². The van der Waals surface area contributed by atoms with Gasteiger partial charge in [-0.15, -0.1) is 5.10 Å². The highest BCUT2D eigenvalue weighted by Crippen LogP contribution is 2.30. The van der Waals surface area contributed by atoms with E-state index in [4.69, 9.17) is 4.74 Å². The van der Waals surface area contributed by atoms with Crippen LogP contribution in [0.15, 0.2) is 79.1 Å². The van der Waals surface area contributed by atoms with Gasteiger partial charge in [-0.2, -0.15) is 23.3 Å². The molecule has 1 saturated heterocycles. The average molecular weight is 548 g/mol. The van der Waals surface area contributed by atoms with Crippen LogP contribution >= 0.6 is 0 Å². The monoisotopic (exact) mass is 547 g/mol. The first kappa shape index (κ1) is 25.9. The summed E-state index contributed by atoms with van der Waals surface area (Å²) in [5.74, 6) is 1.25. The van der Waals surface area contributed by atoms with Gasteiger partial charge in [0.15, 0.2) is 5.65 Å². The summed E-state index contributed by atoms with van der Waals surface area (Å²) in [4.78, 5) is 7.01. The van der Waals surface area contributed by atoms with Crippen molar-refractivity contribution in [3.8, 4) is 17.0 Å². The molecule has 8 nitrogen and oxygen atoms in total. The summed E-state index contributed by atoms with van der Waals surface area (Å²) < 4.78 is 48.4. The van der Waals surface area contributed by atoms with Gasteiger partial charge >= 0.3 is 6.18 Å². The minimum Gasteiger partial charge on any atom is -0.492 e. The summed E-state index contributed by atoms with van der Waals surface area (Å²) in [5.41, 5.74) is 2.84. The second kappa shape index (κ2) is 11.0. The van der Waals surface area contributed by atoms with Gasteiger partial charge in [0.2, 0.25) is 5.95 Å². The number of alkyl halides is 3. The van der Waals surface area contributed by atoms with Crippen LogP contribution in [-0.2, 0) is 12.7 Å². The largest absolute Gasteiger partial charge is 0.492 e. The van der Waals surface area contributed by atoms with Crippen molar-refractivity contribution in [3.63, 3.8) is 0 Å². The van der Waals surface area contributed by atoms with Crippen LogP contribution in [0, 0.1) is 0 Å². The Hall–Kier alpha value is -4.38. The van der Waals surface area contributed by atoms with Gasteiger partial charge in [-0.25, -0.2) is 4.52 Å². The fourth-order valence-electron chi connectivity index (χ4n) is 4.85. The highest BCUT2D eigenvalue weighted by atomic mass is 19.4. The molecule has 1 fully saturated rings. The number of nitrogens with zero attached hydrogens (tertiary/aromatic N) is 6. The molecule has 1 aliphatic rings. The predicted octanol–water partition coefficient (Wildman–Crippen LogP) is 5.88. The van der Waals surface area contributed by atoms with Crippen LogP contribution in [0.1, 0.15) is 24.0 Å². The Morgan fingerprint density at radius 2 is 1.75 bits per heavy atom. The second-order valence-corrected chi connectivity index (χ2v) is 9.79. The number of pyridine rings is 1. The molecule has 40 heavy (non-hydrogen) atoms. The van der Waals surface area contributed by atoms with E-state index in [9.17, 15) is 13.2 Å². The van der Waals surface area contributed by atoms with Gasteiger partial charge < -0.3 is 10.1 Å². The van der Waals surface area contributed by atoms with E-state index in [1.807, 2.05) is 42.5 Å². The minimum atomic E-state index is -4.39. The Morgan fingerprint density at radius 3 is 2.55 bits per heavy atom. The summed E-state index contributed by atoms with van der Waals surface area (Å²) in [6, 6.07) is 18.6. The Morgan fingerprint density at radius 1 is 0.950 bits per heavy atom. The smallest absolute Gasteiger partial charge is 0.416 e. The number of likely N-dealkylation sites (tertiary alicyclic amines) is 1. The number of hydrogen-bond donors (Lipinski definition) is 1. The van der Waals surface area contributed by atoms with Gasteiger partial charge in [-0.1, -0.05) is 18.2 Å². The number of rotatable bonds is 9. The van der Waals surface area contributed by atoms with Gasteiger partial charge in [0, 0.05) is 24.0 Å². The highest BCUT2D eigenvalue weighted by molar-refractivity contribution is 5.64. The van der Waals surface area contributed by atoms with Gasteiger partial charge in [-0.3, -0.25) is 9.58 Å². The van der Waals surface area contributed by atoms with E-state index in [-0.39, 0.29) is 6.54 Å². The first-order valence-corrected chi connectivity index (χ1v) is 13.2. The molecule has 0 bridgehead atoms. The van der Waals surface area contributed by atoms with Crippen molar-refractivity contribution in [2.24, 2.45) is 0 Å². The molecule has 1 N–H and O–H groups in total. The minimum absolute atomic E-state index is 0.210. The molecule has 206 valence electrons. The molecule has 0 atom stereocenters. The molecule has 5 aromatic rings. The standard InChI is InChI=1S/C29H28F3N7O/c30-29(31,32)23-6-3-5-21(17-23)19-38-20-22(18-33-38)26-7-4-8-27-35-28(36-39(26)27)34-24-9-11-25(12-10-24)40-16-15-37-13-1-2-14-37/h3-12,17-18,20H,1-2,13-16,19H2,(H,34,36). The zero-order valence-electron chi connectivity index (χ0n) is 21.7. The molecule has 1 aliphatic heterocycles. The molecule has 0 aliphatic carbocycles. The summed E-state index contributed by atoms with van der Waals surface area (Å²) >= 11 is 0. The molecule has 0 radical (unpaired) electrons. The number of benzene rings is 2. The molecule has 11 heteroatoms. The number of aromatic nitrogens is 5. The quantitative estimate of drug-likeness (QED) is 0.249. The van der Waals surface area contributed by atoms with E-state index >= 15 is 0 Å². The molecule has 3 aromatic heterocycles. The second-order valence-electron chi connectivity index (χ2n) is 9.79. The van der Waals surface area contributed by atoms with Crippen molar-refractivity contribution in [3.05, 3.63) is 90.3 Å². The average Bonchev–Trinajstić information content (AvgIpc) is 3.71. The predicted molar refractivity (Wildman–Crippen MR) is 146 cm³/mol. The lowest BCUT2D eigenvalue weighted by atomic mass is 10.1. The summed E-state index contributed by atoms with van der Waals surface area (Å²) in [5, 5.41) is 12.2. The number of nitrogens with one attached hydrogen (secondary N) is 1. The molecule has 2 aromatic carbocycles. The molecule has 4 heterocycles. The molecular formula is C29H28F3N7O. The lowest BCUT2D eigenvalue weighted by molar-refractivity contribution is -0.137. The molecule has 0 amide bonds. The number of anilines is 2. The fourth-order valence-corrected chi connectivity index (χ4v) is 4.85. The summed E-state index contributed by atoms with van der Waals surface area (Å²) in [6.45, 7) is 4.13. The van der Waals surface area contributed by atoms with Crippen molar-refractivity contribution < 1.29 is 17.9 Å². The van der Waals surface area contributed by atoms with Crippen LogP contribution in [0.25, 0.3) is 16.9 Å². The lowest BCUT2D eigenvalue weighted by Crippen LogP contribution is -2.25. The third-order valence-corrected chi connectivity index (χ3v) is 6.87. The van der Waals surface area contributed by atoms with Crippen LogP contribution in [-0.4, -0.2) is 55.5 Å². The third-order valence-electron chi connectivity index (χ3n) is 6.87. The molecular weight excluding hydrogens is 519 g/mol. The van der Waals surface area contributed by atoms with Crippen LogP contribution < -0.4 is 10.1 Å². The SMILES string of the molecule is FC(F)(F)c1cccc(Cn2cc(-c3cccc4nc(Nc5ccc(OCCN6CCCC6)cc5)nn34)cn2)c1. The maximum Gasteiger partial charge on any atom is 0.416 e. The summed E-state index contributed by atoms with van der Waals surface area (Å²) in [6.07, 6.45) is 1.60. The van der Waals surface area contributed by atoms with Crippen molar-refractivity contribution in [1.82, 2.24) is 29.3 Å². The Balaban J connectivity index is 1.13. The molecule has 0 unspecified atom stereocenters. The fraction of sp³-hybridized carbons (Fsp3) is 0.276. The van der Waals surface area contributed by atoms with Crippen LogP contribution in [0.5, 0.6) is 5.75 Å². The number of hydrogen-bond acceptors (Lipinski definition) is 6. The van der Waals surface area contributed by atoms with Crippen LogP contribution in [0.2, 0.25) is 0 Å².